The van der Waals surface area contributed by atoms with Crippen LogP contribution in [-0.2, 0) is 4.74 Å². The zero-order valence-corrected chi connectivity index (χ0v) is 16.9. The molecule has 1 saturated carbocycles. The number of fused-ring (bicyclic) bond motifs is 1. The summed E-state index contributed by atoms with van der Waals surface area (Å²) in [7, 11) is 1.76. The van der Waals surface area contributed by atoms with Crippen LogP contribution in [0.3, 0.4) is 0 Å². The van der Waals surface area contributed by atoms with Crippen LogP contribution in [0.15, 0.2) is 30.6 Å². The van der Waals surface area contributed by atoms with Gasteiger partial charge in [0.15, 0.2) is 5.65 Å². The predicted molar refractivity (Wildman–Crippen MR) is 112 cm³/mol. The van der Waals surface area contributed by atoms with Crippen LogP contribution in [-0.4, -0.2) is 69.1 Å². The van der Waals surface area contributed by atoms with Crippen molar-refractivity contribution in [3.63, 3.8) is 0 Å². The molecule has 2 atom stereocenters. The minimum atomic E-state index is -0.737. The quantitative estimate of drug-likeness (QED) is 0.436. The van der Waals surface area contributed by atoms with Gasteiger partial charge in [0.1, 0.15) is 29.0 Å². The van der Waals surface area contributed by atoms with E-state index in [1.54, 1.807) is 23.8 Å². The smallest absolute Gasteiger partial charge is 0.257 e. The molecule has 4 N–H and O–H groups in total. The Bertz CT molecular complexity index is 1110. The first-order chi connectivity index (χ1) is 15.1. The van der Waals surface area contributed by atoms with Crippen molar-refractivity contribution >= 4 is 28.9 Å². The average molecular weight is 425 g/mol. The second-order valence-electron chi connectivity index (χ2n) is 7.55. The van der Waals surface area contributed by atoms with Crippen LogP contribution in [0, 0.1) is 0 Å². The number of aliphatic hydroxyl groups excluding tert-OH is 1. The topological polar surface area (TPSA) is 135 Å². The number of hydrogen-bond acceptors (Lipinski definition) is 9. The molecule has 0 aromatic carbocycles. The number of ether oxygens (including phenoxy) is 2. The summed E-state index contributed by atoms with van der Waals surface area (Å²) >= 11 is 0. The van der Waals surface area contributed by atoms with E-state index in [0.717, 1.165) is 12.8 Å². The molecule has 11 heteroatoms. The van der Waals surface area contributed by atoms with Gasteiger partial charge in [-0.15, -0.1) is 0 Å². The van der Waals surface area contributed by atoms with E-state index < -0.39 is 12.1 Å². The molecule has 0 radical (unpaired) electrons. The van der Waals surface area contributed by atoms with Gasteiger partial charge in [-0.25, -0.2) is 9.97 Å². The Hall–Kier alpha value is -3.44. The number of rotatable bonds is 7. The summed E-state index contributed by atoms with van der Waals surface area (Å²) in [5.41, 5.74) is 1.35. The minimum absolute atomic E-state index is 0.201. The second kappa shape index (κ2) is 8.00. The predicted octanol–water partition coefficient (Wildman–Crippen LogP) is 0.940. The fourth-order valence-electron chi connectivity index (χ4n) is 3.35. The highest BCUT2D eigenvalue weighted by Crippen LogP contribution is 2.32. The molecule has 2 fully saturated rings. The molecule has 2 aliphatic rings. The van der Waals surface area contributed by atoms with Gasteiger partial charge in [-0.05, 0) is 25.0 Å². The Balaban J connectivity index is 1.46. The molecule has 1 aliphatic carbocycles. The average Bonchev–Trinajstić information content (AvgIpc) is 3.34. The van der Waals surface area contributed by atoms with E-state index in [4.69, 9.17) is 9.47 Å². The molecule has 4 heterocycles. The molecule has 1 saturated heterocycles. The molecule has 31 heavy (non-hydrogen) atoms. The van der Waals surface area contributed by atoms with Crippen molar-refractivity contribution in [2.45, 2.75) is 31.1 Å². The fraction of sp³-hybridized carbons (Fsp3) is 0.400. The first kappa shape index (κ1) is 19.5. The van der Waals surface area contributed by atoms with Crippen molar-refractivity contribution < 1.29 is 19.4 Å². The number of nitrogens with one attached hydrogen (secondary N) is 3. The number of nitrogens with zero attached hydrogens (tertiary/aromatic N) is 4. The first-order valence-electron chi connectivity index (χ1n) is 10.1. The maximum absolute atomic E-state index is 12.8. The maximum atomic E-state index is 12.8. The first-order valence-corrected chi connectivity index (χ1v) is 10.1. The molecule has 0 spiro atoms. The van der Waals surface area contributed by atoms with E-state index >= 15 is 0 Å². The van der Waals surface area contributed by atoms with Crippen LogP contribution in [0.4, 0.5) is 17.3 Å². The summed E-state index contributed by atoms with van der Waals surface area (Å²) in [6.07, 6.45) is 4.66. The number of aliphatic hydroxyl groups is 1. The third-order valence-corrected chi connectivity index (χ3v) is 5.18. The zero-order chi connectivity index (χ0) is 21.4. The maximum Gasteiger partial charge on any atom is 0.257 e. The van der Waals surface area contributed by atoms with E-state index in [1.807, 2.05) is 12.1 Å². The van der Waals surface area contributed by atoms with Crippen LogP contribution in [0.25, 0.3) is 5.65 Å². The Labute approximate surface area is 177 Å². The Morgan fingerprint density at radius 3 is 2.97 bits per heavy atom. The van der Waals surface area contributed by atoms with E-state index in [1.165, 1.54) is 6.20 Å². The van der Waals surface area contributed by atoms with Gasteiger partial charge in [-0.3, -0.25) is 4.79 Å². The molecule has 1 amide bonds. The summed E-state index contributed by atoms with van der Waals surface area (Å²) < 4.78 is 12.6. The Morgan fingerprint density at radius 1 is 1.35 bits per heavy atom. The molecule has 5 rings (SSSR count). The zero-order valence-electron chi connectivity index (χ0n) is 16.9. The van der Waals surface area contributed by atoms with Crippen molar-refractivity contribution in [2.75, 3.05) is 30.9 Å². The van der Waals surface area contributed by atoms with Crippen molar-refractivity contribution in [1.82, 2.24) is 24.9 Å². The van der Waals surface area contributed by atoms with Gasteiger partial charge in [-0.1, -0.05) is 0 Å². The molecule has 1 aliphatic heterocycles. The van der Waals surface area contributed by atoms with Gasteiger partial charge in [0.05, 0.1) is 31.6 Å². The van der Waals surface area contributed by atoms with Gasteiger partial charge in [0.25, 0.3) is 5.91 Å². The summed E-state index contributed by atoms with van der Waals surface area (Å²) in [5.74, 6) is 1.28. The lowest BCUT2D eigenvalue weighted by molar-refractivity contribution is 0.0888. The Morgan fingerprint density at radius 2 is 2.23 bits per heavy atom. The molecular weight excluding hydrogens is 402 g/mol. The van der Waals surface area contributed by atoms with Crippen LogP contribution in [0.2, 0.25) is 0 Å². The molecule has 162 valence electrons. The van der Waals surface area contributed by atoms with Crippen LogP contribution in [0.5, 0.6) is 5.88 Å². The minimum Gasteiger partial charge on any atom is -0.473 e. The van der Waals surface area contributed by atoms with E-state index in [2.05, 4.69) is 31.0 Å². The third-order valence-electron chi connectivity index (χ3n) is 5.18. The summed E-state index contributed by atoms with van der Waals surface area (Å²) in [4.78, 5) is 21.7. The van der Waals surface area contributed by atoms with Gasteiger partial charge >= 0.3 is 0 Å². The second-order valence-corrected chi connectivity index (χ2v) is 7.55. The van der Waals surface area contributed by atoms with E-state index in [9.17, 15) is 9.90 Å². The molecule has 11 nitrogen and oxygen atoms in total. The summed E-state index contributed by atoms with van der Waals surface area (Å²) in [6, 6.07) is 4.99. The number of hydrogen-bond donors (Lipinski definition) is 4. The van der Waals surface area contributed by atoms with Crippen molar-refractivity contribution in [1.29, 1.82) is 0 Å². The van der Waals surface area contributed by atoms with Crippen molar-refractivity contribution in [3.8, 4) is 5.88 Å². The fourth-order valence-corrected chi connectivity index (χ4v) is 3.35. The highest BCUT2D eigenvalue weighted by molar-refractivity contribution is 6.00. The largest absolute Gasteiger partial charge is 0.473 e. The lowest BCUT2D eigenvalue weighted by Crippen LogP contribution is -2.42. The van der Waals surface area contributed by atoms with Crippen LogP contribution in [0.1, 0.15) is 23.2 Å². The molecule has 3 aromatic rings. The Kier molecular flexibility index (Phi) is 5.04. The molecule has 0 bridgehead atoms. The van der Waals surface area contributed by atoms with Gasteiger partial charge in [-0.2, -0.15) is 9.61 Å². The molecular formula is C20H23N7O4. The lowest BCUT2D eigenvalue weighted by atomic mass is 10.2. The van der Waals surface area contributed by atoms with E-state index in [0.29, 0.717) is 34.4 Å². The number of aromatic nitrogens is 4. The van der Waals surface area contributed by atoms with Crippen LogP contribution >= 0.6 is 0 Å². The SMILES string of the molecule is CNc1cc(Nc2cccnc2OC2CC2)nc2c(C(=O)NC3COCC3O)cnn12. The lowest BCUT2D eigenvalue weighted by Gasteiger charge is -2.14. The number of amides is 1. The van der Waals surface area contributed by atoms with Crippen molar-refractivity contribution in [2.24, 2.45) is 0 Å². The summed E-state index contributed by atoms with van der Waals surface area (Å²) in [6.45, 7) is 0.463. The highest BCUT2D eigenvalue weighted by Gasteiger charge is 2.29. The molecule has 2 unspecified atom stereocenters. The number of pyridine rings is 1. The van der Waals surface area contributed by atoms with Crippen molar-refractivity contribution in [3.05, 3.63) is 36.2 Å². The normalized spacial score (nSPS) is 20.6. The molecule has 3 aromatic heterocycles. The third kappa shape index (κ3) is 3.97. The number of anilines is 3. The number of carbonyl (C=O) groups is 1. The highest BCUT2D eigenvalue weighted by atomic mass is 16.5. The van der Waals surface area contributed by atoms with Gasteiger partial charge < -0.3 is 30.5 Å². The number of carbonyl (C=O) groups excluding carboxylic acids is 1. The van der Waals surface area contributed by atoms with Crippen LogP contribution < -0.4 is 20.7 Å². The standard InChI is InChI=1S/C20H23N7O4/c1-21-17-7-16(24-13-3-2-6-22-20(13)31-11-4-5-11)26-18-12(8-23-27(17)18)19(29)25-14-9-30-10-15(14)28/h2-3,6-8,11,14-15,21,28H,4-5,9-10H2,1H3,(H,24,26)(H,25,29). The van der Waals surface area contributed by atoms with Gasteiger partial charge in [0, 0.05) is 19.3 Å². The summed E-state index contributed by atoms with van der Waals surface area (Å²) in [5, 5.41) is 23.3. The van der Waals surface area contributed by atoms with Gasteiger partial charge in [0.2, 0.25) is 5.88 Å². The monoisotopic (exact) mass is 425 g/mol. The van der Waals surface area contributed by atoms with E-state index in [-0.39, 0.29) is 25.2 Å².